The normalized spacial score (nSPS) is 14.0. The van der Waals surface area contributed by atoms with Gasteiger partial charge in [0, 0.05) is 6.07 Å². The number of benzene rings is 2. The van der Waals surface area contributed by atoms with E-state index in [0.29, 0.717) is 11.3 Å². The van der Waals surface area contributed by atoms with E-state index in [4.69, 9.17) is 4.74 Å². The highest BCUT2D eigenvalue weighted by Crippen LogP contribution is 2.31. The van der Waals surface area contributed by atoms with E-state index in [1.165, 1.54) is 6.92 Å². The van der Waals surface area contributed by atoms with Crippen LogP contribution in [0.15, 0.2) is 42.5 Å². The van der Waals surface area contributed by atoms with Gasteiger partial charge in [-0.3, -0.25) is 0 Å². The average molecular weight is 292 g/mol. The zero-order valence-electron chi connectivity index (χ0n) is 12.2. The molecule has 0 aromatic heterocycles. The van der Waals surface area contributed by atoms with Crippen LogP contribution in [0.1, 0.15) is 31.9 Å². The number of rotatable bonds is 4. The summed E-state index contributed by atoms with van der Waals surface area (Å²) >= 11 is 0. The first-order chi connectivity index (χ1) is 9.79. The summed E-state index contributed by atoms with van der Waals surface area (Å²) in [4.78, 5) is 0. The van der Waals surface area contributed by atoms with Crippen LogP contribution in [0, 0.1) is 11.6 Å². The molecule has 0 aliphatic carbocycles. The largest absolute Gasteiger partial charge is 0.491 e. The van der Waals surface area contributed by atoms with Gasteiger partial charge in [-0.25, -0.2) is 8.78 Å². The molecule has 0 radical (unpaired) electrons. The van der Waals surface area contributed by atoms with Gasteiger partial charge >= 0.3 is 0 Å². The Balaban J connectivity index is 2.34. The predicted molar refractivity (Wildman–Crippen MR) is 77.2 cm³/mol. The molecule has 0 aliphatic heterocycles. The molecule has 0 aliphatic rings. The Kier molecular flexibility index (Phi) is 4.28. The Morgan fingerprint density at radius 2 is 1.48 bits per heavy atom. The molecule has 2 nitrogen and oxygen atoms in total. The summed E-state index contributed by atoms with van der Waals surface area (Å²) in [5, 5.41) is 10.6. The summed E-state index contributed by atoms with van der Waals surface area (Å²) < 4.78 is 32.1. The SMILES string of the molecule is CC(C)Oc1ccc(C(C)(O)c2cc(F)cc(F)c2)cc1. The first-order valence-corrected chi connectivity index (χ1v) is 6.75. The lowest BCUT2D eigenvalue weighted by Gasteiger charge is -2.25. The van der Waals surface area contributed by atoms with E-state index >= 15 is 0 Å². The lowest BCUT2D eigenvalue weighted by atomic mass is 9.88. The molecule has 0 fully saturated rings. The van der Waals surface area contributed by atoms with Crippen molar-refractivity contribution >= 4 is 0 Å². The molecule has 21 heavy (non-hydrogen) atoms. The van der Waals surface area contributed by atoms with Gasteiger partial charge < -0.3 is 9.84 Å². The molecule has 4 heteroatoms. The highest BCUT2D eigenvalue weighted by molar-refractivity contribution is 5.38. The Hall–Kier alpha value is -1.94. The Morgan fingerprint density at radius 3 is 1.95 bits per heavy atom. The van der Waals surface area contributed by atoms with Gasteiger partial charge in [0.2, 0.25) is 0 Å². The minimum atomic E-state index is -1.49. The van der Waals surface area contributed by atoms with Crippen molar-refractivity contribution in [2.45, 2.75) is 32.5 Å². The molecule has 0 spiro atoms. The van der Waals surface area contributed by atoms with E-state index in [9.17, 15) is 13.9 Å². The van der Waals surface area contributed by atoms with Gasteiger partial charge in [0.25, 0.3) is 0 Å². The maximum absolute atomic E-state index is 13.3. The maximum atomic E-state index is 13.3. The molecule has 1 atom stereocenters. The van der Waals surface area contributed by atoms with Gasteiger partial charge in [-0.1, -0.05) is 12.1 Å². The zero-order chi connectivity index (χ0) is 15.6. The van der Waals surface area contributed by atoms with E-state index in [0.717, 1.165) is 18.2 Å². The van der Waals surface area contributed by atoms with Crippen LogP contribution in [0.25, 0.3) is 0 Å². The molecule has 2 aromatic rings. The van der Waals surface area contributed by atoms with Crippen LogP contribution >= 0.6 is 0 Å². The molecular weight excluding hydrogens is 274 g/mol. The summed E-state index contributed by atoms with van der Waals surface area (Å²) in [7, 11) is 0. The molecular formula is C17H18F2O2. The Labute approximate surface area is 123 Å². The fourth-order valence-corrected chi connectivity index (χ4v) is 2.13. The van der Waals surface area contributed by atoms with Gasteiger partial charge in [0.05, 0.1) is 6.10 Å². The zero-order valence-corrected chi connectivity index (χ0v) is 12.2. The van der Waals surface area contributed by atoms with Crippen molar-refractivity contribution in [3.05, 3.63) is 65.2 Å². The van der Waals surface area contributed by atoms with Crippen molar-refractivity contribution in [2.75, 3.05) is 0 Å². The number of halogens is 2. The van der Waals surface area contributed by atoms with Crippen molar-refractivity contribution in [1.82, 2.24) is 0 Å². The first kappa shape index (κ1) is 15.4. The van der Waals surface area contributed by atoms with Crippen molar-refractivity contribution in [3.63, 3.8) is 0 Å². The highest BCUT2D eigenvalue weighted by Gasteiger charge is 2.26. The lowest BCUT2D eigenvalue weighted by Crippen LogP contribution is -2.23. The summed E-state index contributed by atoms with van der Waals surface area (Å²) in [5.41, 5.74) is -0.791. The van der Waals surface area contributed by atoms with Crippen LogP contribution in [-0.2, 0) is 5.60 Å². The smallest absolute Gasteiger partial charge is 0.126 e. The van der Waals surface area contributed by atoms with Gasteiger partial charge in [-0.15, -0.1) is 0 Å². The van der Waals surface area contributed by atoms with Crippen molar-refractivity contribution in [2.24, 2.45) is 0 Å². The van der Waals surface area contributed by atoms with Crippen LogP contribution in [-0.4, -0.2) is 11.2 Å². The number of hydrogen-bond acceptors (Lipinski definition) is 2. The second-order valence-corrected chi connectivity index (χ2v) is 5.42. The molecule has 0 bridgehead atoms. The second kappa shape index (κ2) is 5.82. The topological polar surface area (TPSA) is 29.5 Å². The Morgan fingerprint density at radius 1 is 0.952 bits per heavy atom. The minimum absolute atomic E-state index is 0.0497. The molecule has 2 rings (SSSR count). The molecule has 1 N–H and O–H groups in total. The fourth-order valence-electron chi connectivity index (χ4n) is 2.13. The summed E-state index contributed by atoms with van der Waals surface area (Å²) in [6, 6.07) is 9.84. The highest BCUT2D eigenvalue weighted by atomic mass is 19.1. The molecule has 112 valence electrons. The fraction of sp³-hybridized carbons (Fsp3) is 0.294. The lowest BCUT2D eigenvalue weighted by molar-refractivity contribution is 0.101. The van der Waals surface area contributed by atoms with Crippen molar-refractivity contribution in [3.8, 4) is 5.75 Å². The molecule has 0 heterocycles. The van der Waals surface area contributed by atoms with Crippen LogP contribution in [0.5, 0.6) is 5.75 Å². The number of hydrogen-bond donors (Lipinski definition) is 1. The number of ether oxygens (including phenoxy) is 1. The van der Waals surface area contributed by atoms with E-state index in [1.54, 1.807) is 24.3 Å². The van der Waals surface area contributed by atoms with E-state index in [-0.39, 0.29) is 11.7 Å². The monoisotopic (exact) mass is 292 g/mol. The van der Waals surface area contributed by atoms with E-state index in [1.807, 2.05) is 13.8 Å². The summed E-state index contributed by atoms with van der Waals surface area (Å²) in [5.74, 6) is -0.759. The quantitative estimate of drug-likeness (QED) is 0.922. The predicted octanol–water partition coefficient (Wildman–Crippen LogP) is 4.01. The number of aliphatic hydroxyl groups is 1. The Bertz CT molecular complexity index is 599. The molecule has 2 aromatic carbocycles. The first-order valence-electron chi connectivity index (χ1n) is 6.75. The molecule has 1 unspecified atom stereocenters. The standard InChI is InChI=1S/C17H18F2O2/c1-11(2)21-16-6-4-12(5-7-16)17(3,20)13-8-14(18)10-15(19)9-13/h4-11,20H,1-3H3. The third-order valence-corrected chi connectivity index (χ3v) is 3.21. The maximum Gasteiger partial charge on any atom is 0.126 e. The second-order valence-electron chi connectivity index (χ2n) is 5.42. The minimum Gasteiger partial charge on any atom is -0.491 e. The summed E-state index contributed by atoms with van der Waals surface area (Å²) in [6.07, 6.45) is 0.0497. The van der Waals surface area contributed by atoms with Crippen LogP contribution in [0.2, 0.25) is 0 Å². The van der Waals surface area contributed by atoms with E-state index < -0.39 is 17.2 Å². The molecule has 0 saturated heterocycles. The van der Waals surface area contributed by atoms with Gasteiger partial charge in [0.15, 0.2) is 0 Å². The summed E-state index contributed by atoms with van der Waals surface area (Å²) in [6.45, 7) is 5.33. The van der Waals surface area contributed by atoms with Crippen molar-refractivity contribution in [1.29, 1.82) is 0 Å². The van der Waals surface area contributed by atoms with Gasteiger partial charge in [-0.2, -0.15) is 0 Å². The van der Waals surface area contributed by atoms with Crippen molar-refractivity contribution < 1.29 is 18.6 Å². The molecule has 0 saturated carbocycles. The van der Waals surface area contributed by atoms with Crippen LogP contribution < -0.4 is 4.74 Å². The molecule has 0 amide bonds. The third kappa shape index (κ3) is 3.58. The van der Waals surface area contributed by atoms with Gasteiger partial charge in [-0.05, 0) is 56.2 Å². The third-order valence-electron chi connectivity index (χ3n) is 3.21. The van der Waals surface area contributed by atoms with Crippen LogP contribution in [0.3, 0.4) is 0 Å². The van der Waals surface area contributed by atoms with E-state index in [2.05, 4.69) is 0 Å². The van der Waals surface area contributed by atoms with Gasteiger partial charge in [0.1, 0.15) is 23.0 Å². The van der Waals surface area contributed by atoms with Crippen LogP contribution in [0.4, 0.5) is 8.78 Å². The average Bonchev–Trinajstić information content (AvgIpc) is 2.37.